The molecule has 0 spiro atoms. The molecule has 1 aromatic carbocycles. The second-order valence-electron chi connectivity index (χ2n) is 4.07. The molecule has 8 nitrogen and oxygen atoms in total. The minimum atomic E-state index is -5.11. The lowest BCUT2D eigenvalue weighted by Crippen LogP contribution is -2.24. The summed E-state index contributed by atoms with van der Waals surface area (Å²) in [6.45, 7) is 0. The molecule has 0 fully saturated rings. The number of nitro benzene ring substituents is 1. The Morgan fingerprint density at radius 2 is 1.91 bits per heavy atom. The first-order valence-electron chi connectivity index (χ1n) is 5.69. The number of halogens is 3. The van der Waals surface area contributed by atoms with E-state index in [4.69, 9.17) is 11.0 Å². The summed E-state index contributed by atoms with van der Waals surface area (Å²) in [6, 6.07) is 5.94. The van der Waals surface area contributed by atoms with Crippen molar-refractivity contribution in [3.63, 3.8) is 0 Å². The Hall–Kier alpha value is -2.78. The van der Waals surface area contributed by atoms with Crippen LogP contribution in [-0.4, -0.2) is 24.8 Å². The molecule has 2 rings (SSSR count). The third-order valence-electron chi connectivity index (χ3n) is 2.68. The van der Waals surface area contributed by atoms with Crippen LogP contribution in [0.5, 0.6) is 0 Å². The number of nitrogens with two attached hydrogens (primary N) is 1. The van der Waals surface area contributed by atoms with Crippen LogP contribution in [0.3, 0.4) is 0 Å². The van der Waals surface area contributed by atoms with Gasteiger partial charge in [-0.05, 0) is 12.1 Å². The molecule has 23 heavy (non-hydrogen) atoms. The summed E-state index contributed by atoms with van der Waals surface area (Å²) < 4.78 is 50.1. The molecule has 12 heteroatoms. The normalized spacial score (nSPS) is 12.7. The van der Waals surface area contributed by atoms with E-state index in [0.29, 0.717) is 0 Å². The lowest BCUT2D eigenvalue weighted by atomic mass is 10.3. The van der Waals surface area contributed by atoms with Gasteiger partial charge in [0.15, 0.2) is 5.82 Å². The van der Waals surface area contributed by atoms with Crippen molar-refractivity contribution in [3.05, 3.63) is 40.1 Å². The van der Waals surface area contributed by atoms with Crippen LogP contribution in [0, 0.1) is 21.4 Å². The fraction of sp³-hybridized carbons (Fsp3) is 0.0909. The maximum atomic E-state index is 12.6. The highest BCUT2D eigenvalue weighted by molar-refractivity contribution is 7.92. The van der Waals surface area contributed by atoms with E-state index in [2.05, 4.69) is 5.10 Å². The maximum absolute atomic E-state index is 12.6. The number of anilines is 1. The number of nitro groups is 1. The standard InChI is InChI=1S/C11H6F3N5O3S/c12-11(13,14)23(22)9-8(5-15)17-18(10(9)16)6-1-3-7(4-2-6)19(20)21/h1-4H,16H2. The van der Waals surface area contributed by atoms with E-state index in [1.807, 2.05) is 0 Å². The van der Waals surface area contributed by atoms with Crippen molar-refractivity contribution in [1.82, 2.24) is 9.78 Å². The largest absolute Gasteiger partial charge is 0.604 e. The number of nitriles is 1. The Bertz CT molecular complexity index is 797. The Kier molecular flexibility index (Phi) is 4.17. The molecular weight excluding hydrogens is 339 g/mol. The number of nitrogen functional groups attached to an aromatic ring is 1. The number of non-ortho nitro benzene ring substituents is 1. The number of rotatable bonds is 3. The van der Waals surface area contributed by atoms with Crippen LogP contribution >= 0.6 is 0 Å². The molecule has 1 unspecified atom stereocenters. The van der Waals surface area contributed by atoms with E-state index in [9.17, 15) is 27.8 Å². The van der Waals surface area contributed by atoms with Gasteiger partial charge >= 0.3 is 5.51 Å². The molecule has 0 aliphatic rings. The van der Waals surface area contributed by atoms with Crippen molar-refractivity contribution in [3.8, 4) is 11.8 Å². The molecule has 1 aromatic heterocycles. The third-order valence-corrected chi connectivity index (χ3v) is 3.88. The second kappa shape index (κ2) is 5.78. The van der Waals surface area contributed by atoms with Gasteiger partial charge in [0, 0.05) is 12.1 Å². The van der Waals surface area contributed by atoms with Crippen molar-refractivity contribution in [2.75, 3.05) is 5.73 Å². The van der Waals surface area contributed by atoms with Gasteiger partial charge in [-0.25, -0.2) is 4.68 Å². The number of nitrogens with zero attached hydrogens (tertiary/aromatic N) is 4. The van der Waals surface area contributed by atoms with Crippen LogP contribution in [0.15, 0.2) is 29.2 Å². The predicted molar refractivity (Wildman–Crippen MR) is 71.8 cm³/mol. The monoisotopic (exact) mass is 345 g/mol. The van der Waals surface area contributed by atoms with Gasteiger partial charge in [-0.15, -0.1) is 18.3 Å². The minimum Gasteiger partial charge on any atom is -0.604 e. The van der Waals surface area contributed by atoms with Crippen molar-refractivity contribution < 1.29 is 22.6 Å². The molecule has 0 radical (unpaired) electrons. The lowest BCUT2D eigenvalue weighted by Gasteiger charge is -2.11. The highest BCUT2D eigenvalue weighted by atomic mass is 32.2. The first-order chi connectivity index (χ1) is 10.7. The van der Waals surface area contributed by atoms with E-state index < -0.39 is 38.0 Å². The fourth-order valence-corrected chi connectivity index (χ4v) is 2.47. The molecular formula is C11H6F3N5O3S. The minimum absolute atomic E-state index is 0.0787. The van der Waals surface area contributed by atoms with E-state index in [1.54, 1.807) is 0 Å². The van der Waals surface area contributed by atoms with Gasteiger partial charge in [0.05, 0.1) is 10.6 Å². The summed E-state index contributed by atoms with van der Waals surface area (Å²) in [5.74, 6) is -0.633. The molecule has 0 aliphatic heterocycles. The van der Waals surface area contributed by atoms with Gasteiger partial charge < -0.3 is 10.3 Å². The smallest absolute Gasteiger partial charge is 0.578 e. The van der Waals surface area contributed by atoms with Crippen molar-refractivity contribution in [2.45, 2.75) is 10.4 Å². The molecule has 2 N–H and O–H groups in total. The molecule has 2 aromatic rings. The first-order valence-corrected chi connectivity index (χ1v) is 6.83. The van der Waals surface area contributed by atoms with E-state index in [0.717, 1.165) is 16.8 Å². The third kappa shape index (κ3) is 3.05. The zero-order valence-electron chi connectivity index (χ0n) is 10.9. The summed E-state index contributed by atoms with van der Waals surface area (Å²) in [6.07, 6.45) is 0. The average Bonchev–Trinajstić information content (AvgIpc) is 2.82. The van der Waals surface area contributed by atoms with Crippen LogP contribution in [0.1, 0.15) is 5.69 Å². The summed E-state index contributed by atoms with van der Waals surface area (Å²) >= 11 is -3.53. The van der Waals surface area contributed by atoms with Gasteiger partial charge in [-0.2, -0.15) is 5.26 Å². The number of aromatic nitrogens is 2. The Morgan fingerprint density at radius 3 is 2.35 bits per heavy atom. The predicted octanol–water partition coefficient (Wildman–Crippen LogP) is 1.86. The van der Waals surface area contributed by atoms with E-state index >= 15 is 0 Å². The summed E-state index contributed by atoms with van der Waals surface area (Å²) in [7, 11) is 0. The zero-order chi connectivity index (χ0) is 17.4. The van der Waals surface area contributed by atoms with Crippen molar-refractivity contribution >= 4 is 22.7 Å². The van der Waals surface area contributed by atoms with Crippen molar-refractivity contribution in [1.29, 1.82) is 5.26 Å². The van der Waals surface area contributed by atoms with Crippen LogP contribution < -0.4 is 5.73 Å². The summed E-state index contributed by atoms with van der Waals surface area (Å²) in [4.78, 5) is 8.96. The number of alkyl halides is 3. The number of hydrogen-bond donors (Lipinski definition) is 1. The fourth-order valence-electron chi connectivity index (χ4n) is 1.70. The molecule has 0 saturated carbocycles. The van der Waals surface area contributed by atoms with Gasteiger partial charge in [0.1, 0.15) is 17.2 Å². The van der Waals surface area contributed by atoms with Crippen LogP contribution in [0.4, 0.5) is 24.7 Å². The van der Waals surface area contributed by atoms with Gasteiger partial charge in [-0.1, -0.05) is 0 Å². The second-order valence-corrected chi connectivity index (χ2v) is 5.48. The number of benzene rings is 1. The highest BCUT2D eigenvalue weighted by Gasteiger charge is 2.50. The molecule has 120 valence electrons. The maximum Gasteiger partial charge on any atom is 0.578 e. The SMILES string of the molecule is N#Cc1nn(-c2ccc([N+](=O)[O-])cc2)c(N)c1[S+]([O-])C(F)(F)F. The van der Waals surface area contributed by atoms with Gasteiger partial charge in [0.25, 0.3) is 5.69 Å². The molecule has 0 aliphatic carbocycles. The number of hydrogen-bond acceptors (Lipinski definition) is 6. The topological polar surface area (TPSA) is 134 Å². The average molecular weight is 345 g/mol. The van der Waals surface area contributed by atoms with E-state index in [1.165, 1.54) is 18.2 Å². The molecule has 1 atom stereocenters. The highest BCUT2D eigenvalue weighted by Crippen LogP contribution is 2.36. The van der Waals surface area contributed by atoms with Crippen LogP contribution in [0.2, 0.25) is 0 Å². The Balaban J connectivity index is 2.56. The quantitative estimate of drug-likeness (QED) is 0.512. The van der Waals surface area contributed by atoms with Crippen molar-refractivity contribution in [2.24, 2.45) is 0 Å². The zero-order valence-corrected chi connectivity index (χ0v) is 11.8. The first kappa shape index (κ1) is 16.6. The van der Waals surface area contributed by atoms with Crippen LogP contribution in [0.25, 0.3) is 5.69 Å². The van der Waals surface area contributed by atoms with Gasteiger partial charge in [0.2, 0.25) is 10.6 Å². The molecule has 0 amide bonds. The summed E-state index contributed by atoms with van der Waals surface area (Å²) in [5, 5.41) is 23.0. The molecule has 0 saturated heterocycles. The Morgan fingerprint density at radius 1 is 1.35 bits per heavy atom. The van der Waals surface area contributed by atoms with Crippen LogP contribution in [-0.2, 0) is 11.2 Å². The molecule has 0 bridgehead atoms. The van der Waals surface area contributed by atoms with Gasteiger partial charge in [-0.3, -0.25) is 10.1 Å². The van der Waals surface area contributed by atoms with E-state index in [-0.39, 0.29) is 11.4 Å². The molecule has 1 heterocycles. The summed E-state index contributed by atoms with van der Waals surface area (Å²) in [5.41, 5.74) is -0.490. The lowest BCUT2D eigenvalue weighted by molar-refractivity contribution is -0.384. The Labute approximate surface area is 129 Å².